The van der Waals surface area contributed by atoms with Gasteiger partial charge in [-0.3, -0.25) is 24.0 Å². The molecule has 1 aromatic heterocycles. The molecule has 15 heteroatoms. The van der Waals surface area contributed by atoms with Gasteiger partial charge in [0.15, 0.2) is 11.7 Å². The van der Waals surface area contributed by atoms with Crippen molar-refractivity contribution in [2.45, 2.75) is 97.2 Å². The van der Waals surface area contributed by atoms with Crippen LogP contribution in [-0.2, 0) is 39.0 Å². The van der Waals surface area contributed by atoms with Crippen molar-refractivity contribution in [3.63, 3.8) is 0 Å². The Kier molecular flexibility index (Phi) is 15.1. The molecule has 1 atom stereocenters. The van der Waals surface area contributed by atoms with Crippen LogP contribution in [-0.4, -0.2) is 143 Å². The van der Waals surface area contributed by atoms with E-state index in [1.807, 2.05) is 56.0 Å². The van der Waals surface area contributed by atoms with Gasteiger partial charge < -0.3 is 33.9 Å². The number of carbonyl (C=O) groups excluding carboxylic acids is 4. The molecule has 5 heterocycles. The van der Waals surface area contributed by atoms with Crippen molar-refractivity contribution in [3.8, 4) is 0 Å². The largest absolute Gasteiger partial charge is 0.465 e. The molecule has 0 aliphatic carbocycles. The first-order valence-electron chi connectivity index (χ1n) is 21.7. The standard InChI is InChI=1S/C42H57N7O8.C2H6/c1-4-5-24-55-37(50)28-45-15-11-32(12-16-45)46-20-22-47(23-21-46)39(51)36(27-30-25-29(2)38-35(26-30)56-41(53)44(38)3)57-42(54)48-17-13-33(14-18-48)49-19-10-31-8-6-7-9-34(31)43-40(49)52;1-2/h6-9,25-26,32-33,36H,4-5,10-24,27-28H2,1-3H3,(H,43,52);1-2H3/t36-;/m1./s1. The molecule has 2 aromatic carbocycles. The SMILES string of the molecule is CC.CCCCOC(=O)CN1CCC(N2CCN(C(=O)[C@@H](Cc3cc(C)c4c(c3)oc(=O)n4C)OC(=O)N3CCC(N4CCc5ccccc5NC4=O)CC3)CC2)CC1. The van der Waals surface area contributed by atoms with Crippen LogP contribution in [0.15, 0.2) is 45.6 Å². The van der Waals surface area contributed by atoms with Crippen molar-refractivity contribution in [1.29, 1.82) is 0 Å². The van der Waals surface area contributed by atoms with Crippen molar-refractivity contribution in [2.24, 2.45) is 7.05 Å². The maximum atomic E-state index is 14.3. The predicted octanol–water partition coefficient (Wildman–Crippen LogP) is 5.02. The number of likely N-dealkylation sites (tertiary alicyclic amines) is 2. The van der Waals surface area contributed by atoms with E-state index in [-0.39, 0.29) is 30.4 Å². The zero-order valence-corrected chi connectivity index (χ0v) is 35.6. The number of nitrogens with zero attached hydrogens (tertiary/aromatic N) is 6. The number of esters is 1. The summed E-state index contributed by atoms with van der Waals surface area (Å²) < 4.78 is 18.4. The van der Waals surface area contributed by atoms with Gasteiger partial charge in [-0.2, -0.15) is 0 Å². The minimum absolute atomic E-state index is 0.0217. The number of hydrogen-bond acceptors (Lipinski definition) is 10. The smallest absolute Gasteiger partial charge is 0.419 e. The van der Waals surface area contributed by atoms with Gasteiger partial charge in [-0.15, -0.1) is 0 Å². The number of aromatic nitrogens is 1. The highest BCUT2D eigenvalue weighted by Crippen LogP contribution is 2.27. The van der Waals surface area contributed by atoms with E-state index in [0.29, 0.717) is 88.9 Å². The van der Waals surface area contributed by atoms with Crippen molar-refractivity contribution in [3.05, 3.63) is 63.6 Å². The number of nitrogens with one attached hydrogen (secondary N) is 1. The number of fused-ring (bicyclic) bond motifs is 2. The van der Waals surface area contributed by atoms with Gasteiger partial charge in [-0.05, 0) is 74.3 Å². The number of urea groups is 1. The number of benzene rings is 2. The Morgan fingerprint density at radius 2 is 1.58 bits per heavy atom. The number of oxazole rings is 1. The van der Waals surface area contributed by atoms with Gasteiger partial charge in [0.25, 0.3) is 5.91 Å². The average Bonchev–Trinajstić information content (AvgIpc) is 3.42. The molecule has 4 amide bonds. The Balaban J connectivity index is 0.00000288. The van der Waals surface area contributed by atoms with Crippen LogP contribution in [0.1, 0.15) is 76.0 Å². The summed E-state index contributed by atoms with van der Waals surface area (Å²) in [7, 11) is 1.66. The van der Waals surface area contributed by atoms with Crippen LogP contribution >= 0.6 is 0 Å². The minimum atomic E-state index is -1.08. The Labute approximate surface area is 347 Å². The topological polar surface area (TPSA) is 150 Å². The summed E-state index contributed by atoms with van der Waals surface area (Å²) in [5, 5.41) is 3.05. The van der Waals surface area contributed by atoms with Crippen LogP contribution in [0.2, 0.25) is 0 Å². The Morgan fingerprint density at radius 3 is 2.29 bits per heavy atom. The highest BCUT2D eigenvalue weighted by molar-refractivity contribution is 5.91. The van der Waals surface area contributed by atoms with E-state index in [0.717, 1.165) is 67.6 Å². The fraction of sp³-hybridized carbons (Fsp3) is 0.614. The van der Waals surface area contributed by atoms with Crippen molar-refractivity contribution in [1.82, 2.24) is 29.1 Å². The molecule has 0 bridgehead atoms. The van der Waals surface area contributed by atoms with Crippen molar-refractivity contribution in [2.75, 3.05) is 77.4 Å². The van der Waals surface area contributed by atoms with Gasteiger partial charge in [0.2, 0.25) is 0 Å². The Morgan fingerprint density at radius 1 is 0.881 bits per heavy atom. The molecule has 4 aliphatic heterocycles. The van der Waals surface area contributed by atoms with Gasteiger partial charge >= 0.3 is 23.8 Å². The van der Waals surface area contributed by atoms with Gasteiger partial charge in [0, 0.05) is 90.1 Å². The van der Waals surface area contributed by atoms with E-state index in [4.69, 9.17) is 13.9 Å². The number of ether oxygens (including phenoxy) is 2. The summed E-state index contributed by atoms with van der Waals surface area (Å²) in [6.45, 7) is 14.2. The lowest BCUT2D eigenvalue weighted by Gasteiger charge is -2.43. The summed E-state index contributed by atoms with van der Waals surface area (Å²) in [6.07, 6.45) is 4.22. The number of amides is 4. The Bertz CT molecular complexity index is 1970. The van der Waals surface area contributed by atoms with Gasteiger partial charge in [-0.1, -0.05) is 51.5 Å². The molecule has 0 radical (unpaired) electrons. The minimum Gasteiger partial charge on any atom is -0.465 e. The number of carbonyl (C=O) groups is 4. The summed E-state index contributed by atoms with van der Waals surface area (Å²) in [6, 6.07) is 11.7. The number of piperazine rings is 1. The summed E-state index contributed by atoms with van der Waals surface area (Å²) in [5.41, 5.74) is 4.60. The molecular formula is C44H63N7O8. The third kappa shape index (κ3) is 10.7. The lowest BCUT2D eigenvalue weighted by Crippen LogP contribution is -2.57. The lowest BCUT2D eigenvalue weighted by atomic mass is 10.0. The summed E-state index contributed by atoms with van der Waals surface area (Å²) >= 11 is 0. The third-order valence-corrected chi connectivity index (χ3v) is 12.2. The molecule has 0 saturated carbocycles. The average molecular weight is 818 g/mol. The fourth-order valence-corrected chi connectivity index (χ4v) is 8.90. The summed E-state index contributed by atoms with van der Waals surface area (Å²) in [4.78, 5) is 75.8. The van der Waals surface area contributed by atoms with E-state index in [2.05, 4.69) is 22.0 Å². The van der Waals surface area contributed by atoms with E-state index < -0.39 is 18.0 Å². The predicted molar refractivity (Wildman–Crippen MR) is 225 cm³/mol. The van der Waals surface area contributed by atoms with Crippen LogP contribution in [0, 0.1) is 6.92 Å². The first-order valence-corrected chi connectivity index (χ1v) is 21.7. The molecule has 322 valence electrons. The number of anilines is 1. The molecule has 0 spiro atoms. The van der Waals surface area contributed by atoms with Gasteiger partial charge in [0.1, 0.15) is 0 Å². The number of para-hydroxylation sites is 1. The molecule has 0 unspecified atom stereocenters. The van der Waals surface area contributed by atoms with Crippen molar-refractivity contribution >= 4 is 40.8 Å². The fourth-order valence-electron chi connectivity index (χ4n) is 8.90. The first-order chi connectivity index (χ1) is 28.6. The van der Waals surface area contributed by atoms with E-state index >= 15 is 0 Å². The second-order valence-corrected chi connectivity index (χ2v) is 16.0. The maximum Gasteiger partial charge on any atom is 0.419 e. The quantitative estimate of drug-likeness (QED) is 0.207. The zero-order chi connectivity index (χ0) is 42.1. The monoisotopic (exact) mass is 817 g/mol. The maximum absolute atomic E-state index is 14.3. The van der Waals surface area contributed by atoms with E-state index in [1.165, 1.54) is 4.57 Å². The van der Waals surface area contributed by atoms with Crippen molar-refractivity contribution < 1.29 is 33.1 Å². The molecule has 4 aliphatic rings. The molecular weight excluding hydrogens is 755 g/mol. The number of hydrogen-bond donors (Lipinski definition) is 1. The van der Waals surface area contributed by atoms with E-state index in [9.17, 15) is 24.0 Å². The number of unbranched alkanes of at least 4 members (excludes halogenated alkanes) is 1. The number of rotatable bonds is 11. The van der Waals surface area contributed by atoms with Crippen LogP contribution in [0.25, 0.3) is 11.1 Å². The second kappa shape index (κ2) is 20.4. The summed E-state index contributed by atoms with van der Waals surface area (Å²) in [5.74, 6) is -0.878. The zero-order valence-electron chi connectivity index (χ0n) is 35.6. The van der Waals surface area contributed by atoms with Crippen LogP contribution in [0.5, 0.6) is 0 Å². The highest BCUT2D eigenvalue weighted by Gasteiger charge is 2.37. The van der Waals surface area contributed by atoms with Crippen LogP contribution in [0.4, 0.5) is 15.3 Å². The number of aryl methyl sites for hydroxylation is 2. The molecule has 7 rings (SSSR count). The van der Waals surface area contributed by atoms with Crippen LogP contribution < -0.4 is 11.1 Å². The highest BCUT2D eigenvalue weighted by atomic mass is 16.6. The van der Waals surface area contributed by atoms with Gasteiger partial charge in [-0.25, -0.2) is 14.4 Å². The van der Waals surface area contributed by atoms with Crippen LogP contribution in [0.3, 0.4) is 0 Å². The second-order valence-electron chi connectivity index (χ2n) is 16.0. The molecule has 3 fully saturated rings. The lowest BCUT2D eigenvalue weighted by molar-refractivity contribution is -0.145. The molecule has 15 nitrogen and oxygen atoms in total. The molecule has 1 N–H and O–H groups in total. The van der Waals surface area contributed by atoms with Gasteiger partial charge in [0.05, 0.1) is 18.7 Å². The molecule has 3 aromatic rings. The molecule has 3 saturated heterocycles. The first kappa shape index (κ1) is 43.7. The Hall–Kier alpha value is -4.89. The molecule has 59 heavy (non-hydrogen) atoms. The van der Waals surface area contributed by atoms with E-state index in [1.54, 1.807) is 22.9 Å². The normalized spacial score (nSPS) is 19.0. The number of piperidine rings is 2. The third-order valence-electron chi connectivity index (χ3n) is 12.2.